The van der Waals surface area contributed by atoms with Crippen molar-refractivity contribution in [1.29, 1.82) is 0 Å². The smallest absolute Gasteiger partial charge is 0.278 e. The molecule has 0 saturated carbocycles. The third-order valence-corrected chi connectivity index (χ3v) is 3.14. The zero-order valence-electron chi connectivity index (χ0n) is 11.3. The number of nitrogens with zero attached hydrogens (tertiary/aromatic N) is 1. The van der Waals surface area contributed by atoms with Gasteiger partial charge in [0.2, 0.25) is 0 Å². The lowest BCUT2D eigenvalue weighted by molar-refractivity contribution is -0.136. The van der Waals surface area contributed by atoms with Gasteiger partial charge in [-0.1, -0.05) is 42.5 Å². The minimum Gasteiger partial charge on any atom is -0.278 e. The molecule has 0 unspecified atom stereocenters. The van der Waals surface area contributed by atoms with Crippen LogP contribution in [-0.4, -0.2) is 6.21 Å². The highest BCUT2D eigenvalue weighted by atomic mass is 79.9. The number of para-hydroxylation sites is 1. The second-order valence-corrected chi connectivity index (χ2v) is 5.27. The third-order valence-electron chi connectivity index (χ3n) is 2.71. The van der Waals surface area contributed by atoms with Crippen LogP contribution in [0.4, 0.5) is 18.9 Å². The van der Waals surface area contributed by atoms with Gasteiger partial charge in [0.25, 0.3) is 0 Å². The molecular weight excluding hydrogens is 357 g/mol. The number of nitrogens with one attached hydrogen (secondary N) is 1. The molecule has 6 heteroatoms. The van der Waals surface area contributed by atoms with Gasteiger partial charge in [-0.15, -0.1) is 0 Å². The van der Waals surface area contributed by atoms with Crippen LogP contribution in [0.3, 0.4) is 0 Å². The second kappa shape index (κ2) is 7.26. The van der Waals surface area contributed by atoms with Crippen LogP contribution in [0.2, 0.25) is 0 Å². The molecule has 0 aliphatic heterocycles. The van der Waals surface area contributed by atoms with Gasteiger partial charge in [-0.2, -0.15) is 18.3 Å². The SMILES string of the molecule is FC(F)(F)c1ccccc1N/N=C\C(Br)=C\c1ccccc1. The Morgan fingerprint density at radius 3 is 2.32 bits per heavy atom. The predicted molar refractivity (Wildman–Crippen MR) is 86.9 cm³/mol. The van der Waals surface area contributed by atoms with E-state index in [2.05, 4.69) is 26.5 Å². The molecule has 0 fully saturated rings. The van der Waals surface area contributed by atoms with E-state index in [-0.39, 0.29) is 5.69 Å². The number of alkyl halides is 3. The van der Waals surface area contributed by atoms with Crippen LogP contribution in [0.25, 0.3) is 6.08 Å². The maximum atomic E-state index is 12.8. The van der Waals surface area contributed by atoms with E-state index in [1.165, 1.54) is 24.4 Å². The highest BCUT2D eigenvalue weighted by Crippen LogP contribution is 2.34. The molecule has 0 aromatic heterocycles. The third kappa shape index (κ3) is 4.73. The maximum Gasteiger partial charge on any atom is 0.418 e. The Labute approximate surface area is 134 Å². The fourth-order valence-electron chi connectivity index (χ4n) is 1.74. The Balaban J connectivity index is 2.09. The average molecular weight is 369 g/mol. The summed E-state index contributed by atoms with van der Waals surface area (Å²) in [6, 6.07) is 14.7. The van der Waals surface area contributed by atoms with Crippen molar-refractivity contribution in [3.05, 3.63) is 70.2 Å². The first kappa shape index (κ1) is 16.3. The Hall–Kier alpha value is -2.08. The molecule has 0 bridgehead atoms. The lowest BCUT2D eigenvalue weighted by Gasteiger charge is -2.11. The predicted octanol–water partition coefficient (Wildman–Crippen LogP) is 5.54. The first-order valence-electron chi connectivity index (χ1n) is 6.34. The van der Waals surface area contributed by atoms with Crippen LogP contribution in [0.15, 0.2) is 64.2 Å². The van der Waals surface area contributed by atoms with Crippen LogP contribution < -0.4 is 5.43 Å². The normalized spacial score (nSPS) is 12.6. The van der Waals surface area contributed by atoms with Crippen molar-refractivity contribution in [2.24, 2.45) is 5.10 Å². The summed E-state index contributed by atoms with van der Waals surface area (Å²) in [7, 11) is 0. The average Bonchev–Trinajstić information content (AvgIpc) is 2.48. The van der Waals surface area contributed by atoms with Crippen molar-refractivity contribution in [3.8, 4) is 0 Å². The molecule has 0 radical (unpaired) electrons. The van der Waals surface area contributed by atoms with Crippen molar-refractivity contribution in [2.75, 3.05) is 5.43 Å². The molecule has 0 saturated heterocycles. The number of anilines is 1. The highest BCUT2D eigenvalue weighted by Gasteiger charge is 2.33. The number of halogens is 4. The molecule has 2 rings (SSSR count). The van der Waals surface area contributed by atoms with Crippen LogP contribution in [0.1, 0.15) is 11.1 Å². The number of allylic oxidation sites excluding steroid dienone is 1. The summed E-state index contributed by atoms with van der Waals surface area (Å²) in [5, 5.41) is 3.82. The van der Waals surface area contributed by atoms with Crippen LogP contribution in [0, 0.1) is 0 Å². The van der Waals surface area contributed by atoms with E-state index in [1.807, 2.05) is 30.3 Å². The van der Waals surface area contributed by atoms with Crippen molar-refractivity contribution in [3.63, 3.8) is 0 Å². The Morgan fingerprint density at radius 2 is 1.64 bits per heavy atom. The molecule has 114 valence electrons. The molecule has 2 nitrogen and oxygen atoms in total. The van der Waals surface area contributed by atoms with Crippen LogP contribution in [-0.2, 0) is 6.18 Å². The van der Waals surface area contributed by atoms with Crippen LogP contribution >= 0.6 is 15.9 Å². The van der Waals surface area contributed by atoms with Gasteiger partial charge in [0.15, 0.2) is 0 Å². The fraction of sp³-hybridized carbons (Fsp3) is 0.0625. The number of hydrogen-bond donors (Lipinski definition) is 1. The van der Waals surface area contributed by atoms with E-state index in [1.54, 1.807) is 6.08 Å². The molecule has 1 N–H and O–H groups in total. The first-order valence-corrected chi connectivity index (χ1v) is 7.13. The summed E-state index contributed by atoms with van der Waals surface area (Å²) >= 11 is 3.30. The second-order valence-electron chi connectivity index (χ2n) is 4.35. The van der Waals surface area contributed by atoms with Gasteiger partial charge in [0, 0.05) is 4.48 Å². The van der Waals surface area contributed by atoms with Gasteiger partial charge in [0.05, 0.1) is 17.5 Å². The Morgan fingerprint density at radius 1 is 1.00 bits per heavy atom. The lowest BCUT2D eigenvalue weighted by atomic mass is 10.2. The highest BCUT2D eigenvalue weighted by molar-refractivity contribution is 9.12. The van der Waals surface area contributed by atoms with E-state index in [4.69, 9.17) is 0 Å². The largest absolute Gasteiger partial charge is 0.418 e. The molecule has 2 aromatic rings. The Kier molecular flexibility index (Phi) is 5.38. The molecule has 0 heterocycles. The molecule has 0 amide bonds. The van der Waals surface area contributed by atoms with Gasteiger partial charge in [0.1, 0.15) is 0 Å². The quantitative estimate of drug-likeness (QED) is 0.556. The Bertz CT molecular complexity index is 679. The summed E-state index contributed by atoms with van der Waals surface area (Å²) in [6.07, 6.45) is -1.21. The summed E-state index contributed by atoms with van der Waals surface area (Å²) < 4.78 is 39.1. The number of rotatable bonds is 4. The number of hydrogen-bond acceptors (Lipinski definition) is 2. The van der Waals surface area contributed by atoms with Crippen molar-refractivity contribution < 1.29 is 13.2 Å². The molecule has 0 aliphatic rings. The van der Waals surface area contributed by atoms with E-state index < -0.39 is 11.7 Å². The monoisotopic (exact) mass is 368 g/mol. The summed E-state index contributed by atoms with van der Waals surface area (Å²) in [6.45, 7) is 0. The maximum absolute atomic E-state index is 12.8. The molecule has 22 heavy (non-hydrogen) atoms. The topological polar surface area (TPSA) is 24.4 Å². The van der Waals surface area contributed by atoms with E-state index >= 15 is 0 Å². The van der Waals surface area contributed by atoms with Crippen LogP contribution in [0.5, 0.6) is 0 Å². The minimum absolute atomic E-state index is 0.0914. The van der Waals surface area contributed by atoms with Gasteiger partial charge >= 0.3 is 6.18 Å². The fourth-order valence-corrected chi connectivity index (χ4v) is 2.10. The van der Waals surface area contributed by atoms with Crippen molar-refractivity contribution in [2.45, 2.75) is 6.18 Å². The van der Waals surface area contributed by atoms with E-state index in [0.29, 0.717) is 4.48 Å². The summed E-state index contributed by atoms with van der Waals surface area (Å²) in [4.78, 5) is 0. The summed E-state index contributed by atoms with van der Waals surface area (Å²) in [5.74, 6) is 0. The van der Waals surface area contributed by atoms with Crippen molar-refractivity contribution >= 4 is 33.9 Å². The van der Waals surface area contributed by atoms with Gasteiger partial charge in [-0.05, 0) is 39.7 Å². The first-order chi connectivity index (χ1) is 10.5. The number of benzene rings is 2. The number of hydrazone groups is 1. The van der Waals surface area contributed by atoms with E-state index in [0.717, 1.165) is 11.6 Å². The molecule has 0 atom stereocenters. The van der Waals surface area contributed by atoms with Gasteiger partial charge in [-0.3, -0.25) is 5.43 Å². The molecule has 2 aromatic carbocycles. The molecular formula is C16H12BrF3N2. The molecule has 0 aliphatic carbocycles. The van der Waals surface area contributed by atoms with Gasteiger partial charge in [-0.25, -0.2) is 0 Å². The lowest BCUT2D eigenvalue weighted by Crippen LogP contribution is -2.08. The minimum atomic E-state index is -4.42. The zero-order valence-corrected chi connectivity index (χ0v) is 12.9. The standard InChI is InChI=1S/C16H12BrF3N2/c17-13(10-12-6-2-1-3-7-12)11-21-22-15-9-5-4-8-14(15)16(18,19)20/h1-11,22H/b13-10-,21-11-. The van der Waals surface area contributed by atoms with Crippen molar-refractivity contribution in [1.82, 2.24) is 0 Å². The zero-order chi connectivity index (χ0) is 16.0. The summed E-state index contributed by atoms with van der Waals surface area (Å²) in [5.41, 5.74) is 2.52. The van der Waals surface area contributed by atoms with Gasteiger partial charge < -0.3 is 0 Å². The van der Waals surface area contributed by atoms with E-state index in [9.17, 15) is 13.2 Å². The molecule has 0 spiro atoms.